The summed E-state index contributed by atoms with van der Waals surface area (Å²) in [4.78, 5) is 0. The van der Waals surface area contributed by atoms with Crippen LogP contribution in [0.4, 0.5) is 4.39 Å². The van der Waals surface area contributed by atoms with Gasteiger partial charge >= 0.3 is 0 Å². The van der Waals surface area contributed by atoms with Crippen molar-refractivity contribution in [3.63, 3.8) is 0 Å². The van der Waals surface area contributed by atoms with Crippen LogP contribution in [0.15, 0.2) is 22.7 Å². The molecule has 84 valence electrons. The zero-order valence-corrected chi connectivity index (χ0v) is 10.8. The summed E-state index contributed by atoms with van der Waals surface area (Å²) in [6.07, 6.45) is 1.92. The van der Waals surface area contributed by atoms with E-state index < -0.39 is 0 Å². The van der Waals surface area contributed by atoms with Gasteiger partial charge in [0, 0.05) is 10.5 Å². The van der Waals surface area contributed by atoms with E-state index in [-0.39, 0.29) is 5.82 Å². The largest absolute Gasteiger partial charge is 0.315 e. The van der Waals surface area contributed by atoms with Gasteiger partial charge in [-0.05, 0) is 50.1 Å². The van der Waals surface area contributed by atoms with Crippen molar-refractivity contribution in [3.05, 3.63) is 34.1 Å². The van der Waals surface area contributed by atoms with E-state index in [4.69, 9.17) is 0 Å². The molecule has 1 atom stereocenters. The smallest absolute Gasteiger partial charge is 0.123 e. The van der Waals surface area contributed by atoms with Gasteiger partial charge in [-0.2, -0.15) is 0 Å². The molecule has 1 N–H and O–H groups in total. The van der Waals surface area contributed by atoms with Crippen molar-refractivity contribution in [1.82, 2.24) is 5.32 Å². The maximum Gasteiger partial charge on any atom is 0.123 e. The third-order valence-corrected chi connectivity index (χ3v) is 3.18. The minimum atomic E-state index is -0.163. The summed E-state index contributed by atoms with van der Waals surface area (Å²) < 4.78 is 14.0. The first-order valence-electron chi connectivity index (χ1n) is 5.30. The van der Waals surface area contributed by atoms with E-state index in [0.717, 1.165) is 29.4 Å². The number of halogens is 2. The Hall–Kier alpha value is -0.410. The molecule has 1 unspecified atom stereocenters. The van der Waals surface area contributed by atoms with Crippen molar-refractivity contribution in [3.8, 4) is 0 Å². The van der Waals surface area contributed by atoms with Crippen LogP contribution in [0.5, 0.6) is 0 Å². The molecule has 0 saturated heterocycles. The molecule has 3 heteroatoms. The van der Waals surface area contributed by atoms with Crippen LogP contribution in [-0.4, -0.2) is 12.6 Å². The fourth-order valence-electron chi connectivity index (χ4n) is 1.56. The van der Waals surface area contributed by atoms with Crippen molar-refractivity contribution in [2.24, 2.45) is 0 Å². The summed E-state index contributed by atoms with van der Waals surface area (Å²) >= 11 is 3.43. The van der Waals surface area contributed by atoms with E-state index in [1.807, 2.05) is 0 Å². The van der Waals surface area contributed by atoms with E-state index in [1.54, 1.807) is 12.1 Å². The SMILES string of the molecule is CCNC(C)CCc1cc(F)ccc1Br. The Bertz CT molecular complexity index is 314. The summed E-state index contributed by atoms with van der Waals surface area (Å²) in [5.41, 5.74) is 1.04. The summed E-state index contributed by atoms with van der Waals surface area (Å²) in [7, 11) is 0. The minimum Gasteiger partial charge on any atom is -0.315 e. The van der Waals surface area contributed by atoms with Gasteiger partial charge in [-0.1, -0.05) is 22.9 Å². The summed E-state index contributed by atoms with van der Waals surface area (Å²) in [6, 6.07) is 5.32. The van der Waals surface area contributed by atoms with E-state index in [1.165, 1.54) is 6.07 Å². The highest BCUT2D eigenvalue weighted by Crippen LogP contribution is 2.19. The molecule has 1 aromatic rings. The molecule has 0 aliphatic carbocycles. The predicted octanol–water partition coefficient (Wildman–Crippen LogP) is 3.52. The van der Waals surface area contributed by atoms with Crippen LogP contribution in [0.25, 0.3) is 0 Å². The lowest BCUT2D eigenvalue weighted by molar-refractivity contribution is 0.529. The van der Waals surface area contributed by atoms with E-state index in [2.05, 4.69) is 35.1 Å². The molecule has 1 nitrogen and oxygen atoms in total. The zero-order valence-electron chi connectivity index (χ0n) is 9.19. The van der Waals surface area contributed by atoms with Gasteiger partial charge in [-0.25, -0.2) is 4.39 Å². The lowest BCUT2D eigenvalue weighted by atomic mass is 10.1. The number of benzene rings is 1. The lowest BCUT2D eigenvalue weighted by Crippen LogP contribution is -2.25. The summed E-state index contributed by atoms with van der Waals surface area (Å²) in [6.45, 7) is 5.22. The Kier molecular flexibility index (Phi) is 5.26. The summed E-state index contributed by atoms with van der Waals surface area (Å²) in [5, 5.41) is 3.34. The molecule has 1 rings (SSSR count). The van der Waals surface area contributed by atoms with Crippen LogP contribution in [0.2, 0.25) is 0 Å². The first-order chi connectivity index (χ1) is 7.13. The topological polar surface area (TPSA) is 12.0 Å². The minimum absolute atomic E-state index is 0.163. The number of aryl methyl sites for hydroxylation is 1. The van der Waals surface area contributed by atoms with Crippen LogP contribution in [0.3, 0.4) is 0 Å². The standard InChI is InChI=1S/C12H17BrFN/c1-3-15-9(2)4-5-10-8-11(14)6-7-12(10)13/h6-9,15H,3-5H2,1-2H3. The molecule has 0 aliphatic heterocycles. The second kappa shape index (κ2) is 6.23. The van der Waals surface area contributed by atoms with E-state index >= 15 is 0 Å². The maximum atomic E-state index is 13.0. The van der Waals surface area contributed by atoms with Crippen LogP contribution >= 0.6 is 15.9 Å². The average Bonchev–Trinajstić information content (AvgIpc) is 2.20. The van der Waals surface area contributed by atoms with Gasteiger partial charge < -0.3 is 5.32 Å². The first kappa shape index (κ1) is 12.7. The van der Waals surface area contributed by atoms with Gasteiger partial charge in [0.25, 0.3) is 0 Å². The van der Waals surface area contributed by atoms with Crippen LogP contribution in [0.1, 0.15) is 25.8 Å². The molecule has 0 radical (unpaired) electrons. The molecule has 15 heavy (non-hydrogen) atoms. The Morgan fingerprint density at radius 3 is 2.87 bits per heavy atom. The quantitative estimate of drug-likeness (QED) is 0.866. The number of hydrogen-bond donors (Lipinski definition) is 1. The Morgan fingerprint density at radius 2 is 2.20 bits per heavy atom. The highest BCUT2D eigenvalue weighted by atomic mass is 79.9. The second-order valence-electron chi connectivity index (χ2n) is 3.73. The van der Waals surface area contributed by atoms with Gasteiger partial charge in [0.2, 0.25) is 0 Å². The van der Waals surface area contributed by atoms with Crippen molar-refractivity contribution >= 4 is 15.9 Å². The molecule has 0 amide bonds. The molecule has 0 aliphatic rings. The number of hydrogen-bond acceptors (Lipinski definition) is 1. The Morgan fingerprint density at radius 1 is 1.47 bits per heavy atom. The Balaban J connectivity index is 2.53. The highest BCUT2D eigenvalue weighted by molar-refractivity contribution is 9.10. The van der Waals surface area contributed by atoms with Crippen LogP contribution in [-0.2, 0) is 6.42 Å². The molecule has 1 aromatic carbocycles. The first-order valence-corrected chi connectivity index (χ1v) is 6.10. The molecule has 0 bridgehead atoms. The van der Waals surface area contributed by atoms with E-state index in [0.29, 0.717) is 6.04 Å². The maximum absolute atomic E-state index is 13.0. The van der Waals surface area contributed by atoms with Crippen molar-refractivity contribution in [1.29, 1.82) is 0 Å². The van der Waals surface area contributed by atoms with Gasteiger partial charge in [0.05, 0.1) is 0 Å². The Labute approximate surface area is 99.2 Å². The number of nitrogens with one attached hydrogen (secondary N) is 1. The van der Waals surface area contributed by atoms with Crippen molar-refractivity contribution in [2.45, 2.75) is 32.7 Å². The fourth-order valence-corrected chi connectivity index (χ4v) is 2.00. The lowest BCUT2D eigenvalue weighted by Gasteiger charge is -2.12. The van der Waals surface area contributed by atoms with Gasteiger partial charge in [0.1, 0.15) is 5.82 Å². The van der Waals surface area contributed by atoms with Crippen LogP contribution in [0, 0.1) is 5.82 Å². The van der Waals surface area contributed by atoms with Crippen molar-refractivity contribution in [2.75, 3.05) is 6.54 Å². The zero-order chi connectivity index (χ0) is 11.3. The summed E-state index contributed by atoms with van der Waals surface area (Å²) in [5.74, 6) is -0.163. The molecular formula is C12H17BrFN. The van der Waals surface area contributed by atoms with Gasteiger partial charge in [-0.15, -0.1) is 0 Å². The number of rotatable bonds is 5. The van der Waals surface area contributed by atoms with Gasteiger partial charge in [0.15, 0.2) is 0 Å². The van der Waals surface area contributed by atoms with Gasteiger partial charge in [-0.3, -0.25) is 0 Å². The second-order valence-corrected chi connectivity index (χ2v) is 4.59. The predicted molar refractivity (Wildman–Crippen MR) is 65.6 cm³/mol. The molecule has 0 aromatic heterocycles. The molecule has 0 fully saturated rings. The molecular weight excluding hydrogens is 257 g/mol. The monoisotopic (exact) mass is 273 g/mol. The average molecular weight is 274 g/mol. The molecule has 0 heterocycles. The normalized spacial score (nSPS) is 12.8. The van der Waals surface area contributed by atoms with Crippen molar-refractivity contribution < 1.29 is 4.39 Å². The molecule has 0 saturated carbocycles. The van der Waals surface area contributed by atoms with Crippen LogP contribution < -0.4 is 5.32 Å². The fraction of sp³-hybridized carbons (Fsp3) is 0.500. The molecule has 0 spiro atoms. The third-order valence-electron chi connectivity index (χ3n) is 2.41. The third kappa shape index (κ3) is 4.31. The van der Waals surface area contributed by atoms with E-state index in [9.17, 15) is 4.39 Å². The highest BCUT2D eigenvalue weighted by Gasteiger charge is 2.04.